The Balaban J connectivity index is 1.65. The van der Waals surface area contributed by atoms with Crippen LogP contribution in [0.4, 0.5) is 29.0 Å². The number of aryl methyl sites for hydroxylation is 1. The number of fused-ring (bicyclic) bond motifs is 1. The Morgan fingerprint density at radius 1 is 1.12 bits per heavy atom. The van der Waals surface area contributed by atoms with Crippen molar-refractivity contribution < 1.29 is 0 Å². The molecule has 4 rings (SSSR count). The molecule has 126 valence electrons. The Hall–Kier alpha value is -2.86. The molecule has 7 heteroatoms. The molecule has 3 aromatic rings. The van der Waals surface area contributed by atoms with Crippen molar-refractivity contribution in [1.29, 1.82) is 0 Å². The van der Waals surface area contributed by atoms with Crippen LogP contribution >= 0.6 is 11.6 Å². The van der Waals surface area contributed by atoms with Gasteiger partial charge in [-0.3, -0.25) is 0 Å². The molecule has 0 aliphatic carbocycles. The lowest BCUT2D eigenvalue weighted by Gasteiger charge is -2.29. The molecule has 0 bridgehead atoms. The summed E-state index contributed by atoms with van der Waals surface area (Å²) in [5.74, 6) is 1.08. The van der Waals surface area contributed by atoms with Crippen LogP contribution in [0.15, 0.2) is 48.8 Å². The van der Waals surface area contributed by atoms with Crippen LogP contribution in [0.2, 0.25) is 5.02 Å². The minimum atomic E-state index is 0.477. The van der Waals surface area contributed by atoms with Gasteiger partial charge in [-0.2, -0.15) is 4.98 Å². The summed E-state index contributed by atoms with van der Waals surface area (Å²) in [6, 6.07) is 13.4. The first kappa shape index (κ1) is 15.7. The molecule has 0 radical (unpaired) electrons. The molecule has 0 amide bonds. The van der Waals surface area contributed by atoms with Gasteiger partial charge in [0.05, 0.1) is 0 Å². The molecule has 3 N–H and O–H groups in total. The molecular formula is C18H17ClN6. The number of nitrogen functional groups attached to an aromatic ring is 1. The second-order valence-corrected chi connectivity index (χ2v) is 6.32. The number of rotatable bonds is 3. The summed E-state index contributed by atoms with van der Waals surface area (Å²) >= 11 is 6.18. The molecule has 25 heavy (non-hydrogen) atoms. The SMILES string of the molecule is Nc1cccc(Nc2ncnc(N3CCCc4ccc(Cl)cc43)n2)c1. The molecular weight excluding hydrogens is 336 g/mol. The zero-order valence-electron chi connectivity index (χ0n) is 13.5. The number of halogens is 1. The fourth-order valence-electron chi connectivity index (χ4n) is 2.98. The average Bonchev–Trinajstić information content (AvgIpc) is 2.61. The van der Waals surface area contributed by atoms with Gasteiger partial charge in [0.25, 0.3) is 0 Å². The van der Waals surface area contributed by atoms with Crippen molar-refractivity contribution in [2.24, 2.45) is 0 Å². The zero-order chi connectivity index (χ0) is 17.2. The average molecular weight is 353 g/mol. The first-order valence-corrected chi connectivity index (χ1v) is 8.44. The van der Waals surface area contributed by atoms with Gasteiger partial charge in [-0.25, -0.2) is 9.97 Å². The Morgan fingerprint density at radius 3 is 2.92 bits per heavy atom. The quantitative estimate of drug-likeness (QED) is 0.695. The van der Waals surface area contributed by atoms with E-state index in [1.54, 1.807) is 0 Å². The molecule has 0 unspecified atom stereocenters. The lowest BCUT2D eigenvalue weighted by molar-refractivity contribution is 0.748. The number of hydrogen-bond acceptors (Lipinski definition) is 6. The van der Waals surface area contributed by atoms with E-state index in [4.69, 9.17) is 17.3 Å². The van der Waals surface area contributed by atoms with Crippen molar-refractivity contribution in [3.05, 3.63) is 59.4 Å². The Kier molecular flexibility index (Phi) is 4.11. The summed E-state index contributed by atoms with van der Waals surface area (Å²) < 4.78 is 0. The van der Waals surface area contributed by atoms with Crippen LogP contribution in [-0.2, 0) is 6.42 Å². The van der Waals surface area contributed by atoms with Crippen LogP contribution < -0.4 is 16.0 Å². The third-order valence-electron chi connectivity index (χ3n) is 4.11. The molecule has 6 nitrogen and oxygen atoms in total. The zero-order valence-corrected chi connectivity index (χ0v) is 14.2. The second kappa shape index (κ2) is 6.57. The van der Waals surface area contributed by atoms with E-state index in [0.29, 0.717) is 22.6 Å². The summed E-state index contributed by atoms with van der Waals surface area (Å²) in [6.45, 7) is 0.842. The topological polar surface area (TPSA) is 80.0 Å². The first-order chi connectivity index (χ1) is 12.2. The van der Waals surface area contributed by atoms with Gasteiger partial charge in [-0.1, -0.05) is 23.7 Å². The molecule has 0 atom stereocenters. The van der Waals surface area contributed by atoms with Crippen molar-refractivity contribution in [1.82, 2.24) is 15.0 Å². The molecule has 1 aliphatic rings. The number of nitrogens with zero attached hydrogens (tertiary/aromatic N) is 4. The molecule has 2 aromatic carbocycles. The van der Waals surface area contributed by atoms with E-state index < -0.39 is 0 Å². The largest absolute Gasteiger partial charge is 0.399 e. The smallest absolute Gasteiger partial charge is 0.234 e. The molecule has 1 aromatic heterocycles. The summed E-state index contributed by atoms with van der Waals surface area (Å²) in [7, 11) is 0. The first-order valence-electron chi connectivity index (χ1n) is 8.06. The van der Waals surface area contributed by atoms with Crippen LogP contribution in [0, 0.1) is 0 Å². The van der Waals surface area contributed by atoms with Crippen molar-refractivity contribution in [2.45, 2.75) is 12.8 Å². The Morgan fingerprint density at radius 2 is 2.04 bits per heavy atom. The predicted octanol–water partition coefficient (Wildman–Crippen LogP) is 3.94. The predicted molar refractivity (Wildman–Crippen MR) is 101 cm³/mol. The van der Waals surface area contributed by atoms with E-state index in [9.17, 15) is 0 Å². The van der Waals surface area contributed by atoms with E-state index in [1.807, 2.05) is 36.4 Å². The number of aromatic nitrogens is 3. The van der Waals surface area contributed by atoms with Gasteiger partial charge in [0.1, 0.15) is 6.33 Å². The van der Waals surface area contributed by atoms with E-state index >= 15 is 0 Å². The van der Waals surface area contributed by atoms with Crippen LogP contribution in [0.25, 0.3) is 0 Å². The van der Waals surface area contributed by atoms with Crippen LogP contribution in [0.5, 0.6) is 0 Å². The minimum absolute atomic E-state index is 0.477. The van der Waals surface area contributed by atoms with Gasteiger partial charge in [0.15, 0.2) is 0 Å². The lowest BCUT2D eigenvalue weighted by Crippen LogP contribution is -2.26. The Labute approximate surface area is 150 Å². The highest BCUT2D eigenvalue weighted by atomic mass is 35.5. The fourth-order valence-corrected chi connectivity index (χ4v) is 3.15. The normalized spacial score (nSPS) is 13.4. The highest BCUT2D eigenvalue weighted by Crippen LogP contribution is 2.33. The van der Waals surface area contributed by atoms with Crippen molar-refractivity contribution in [3.8, 4) is 0 Å². The number of nitrogens with two attached hydrogens (primary N) is 1. The number of benzene rings is 2. The maximum absolute atomic E-state index is 6.18. The standard InChI is InChI=1S/C18H17ClN6/c19-13-7-6-12-3-2-8-25(16(12)9-13)18-22-11-21-17(24-18)23-15-5-1-4-14(20)10-15/h1,4-7,9-11H,2-3,8,20H2,(H,21,22,23,24). The monoisotopic (exact) mass is 352 g/mol. The fraction of sp³-hybridized carbons (Fsp3) is 0.167. The lowest BCUT2D eigenvalue weighted by atomic mass is 10.0. The highest BCUT2D eigenvalue weighted by Gasteiger charge is 2.21. The van der Waals surface area contributed by atoms with E-state index in [-0.39, 0.29) is 0 Å². The molecule has 0 spiro atoms. The van der Waals surface area contributed by atoms with E-state index in [1.165, 1.54) is 11.9 Å². The molecule has 1 aliphatic heterocycles. The highest BCUT2D eigenvalue weighted by molar-refractivity contribution is 6.30. The molecule has 2 heterocycles. The van der Waals surface area contributed by atoms with Gasteiger partial charge in [0.2, 0.25) is 11.9 Å². The van der Waals surface area contributed by atoms with Gasteiger partial charge in [-0.05, 0) is 48.7 Å². The van der Waals surface area contributed by atoms with E-state index in [2.05, 4.69) is 31.2 Å². The van der Waals surface area contributed by atoms with Crippen molar-refractivity contribution in [3.63, 3.8) is 0 Å². The maximum Gasteiger partial charge on any atom is 0.234 e. The van der Waals surface area contributed by atoms with E-state index in [0.717, 1.165) is 30.8 Å². The summed E-state index contributed by atoms with van der Waals surface area (Å²) in [5, 5.41) is 3.87. The summed E-state index contributed by atoms with van der Waals surface area (Å²) in [6.07, 6.45) is 3.58. The Bertz CT molecular complexity index is 914. The van der Waals surface area contributed by atoms with Crippen LogP contribution in [0.3, 0.4) is 0 Å². The number of anilines is 5. The summed E-state index contributed by atoms with van der Waals surface area (Å²) in [5.41, 5.74) is 9.63. The second-order valence-electron chi connectivity index (χ2n) is 5.89. The minimum Gasteiger partial charge on any atom is -0.399 e. The van der Waals surface area contributed by atoms with Gasteiger partial charge >= 0.3 is 0 Å². The van der Waals surface area contributed by atoms with Gasteiger partial charge in [-0.15, -0.1) is 0 Å². The number of hydrogen-bond donors (Lipinski definition) is 2. The van der Waals surface area contributed by atoms with Crippen LogP contribution in [0.1, 0.15) is 12.0 Å². The summed E-state index contributed by atoms with van der Waals surface area (Å²) in [4.78, 5) is 15.2. The molecule has 0 fully saturated rings. The van der Waals surface area contributed by atoms with Crippen molar-refractivity contribution >= 4 is 40.6 Å². The van der Waals surface area contributed by atoms with Crippen LogP contribution in [-0.4, -0.2) is 21.5 Å². The molecule has 0 saturated carbocycles. The third kappa shape index (κ3) is 3.34. The number of nitrogens with one attached hydrogen (secondary N) is 1. The molecule has 0 saturated heterocycles. The van der Waals surface area contributed by atoms with Gasteiger partial charge in [0, 0.05) is 28.6 Å². The maximum atomic E-state index is 6.18. The van der Waals surface area contributed by atoms with Gasteiger partial charge < -0.3 is 16.0 Å². The van der Waals surface area contributed by atoms with Crippen molar-refractivity contribution in [2.75, 3.05) is 22.5 Å². The third-order valence-corrected chi connectivity index (χ3v) is 4.34.